The van der Waals surface area contributed by atoms with Gasteiger partial charge in [0.25, 0.3) is 0 Å². The number of benzene rings is 5. The number of hydrogen-bond acceptors (Lipinski definition) is 4. The van der Waals surface area contributed by atoms with Gasteiger partial charge in [0.05, 0.1) is 28.3 Å². The molecule has 0 radical (unpaired) electrons. The predicted molar refractivity (Wildman–Crippen MR) is 160 cm³/mol. The Morgan fingerprint density at radius 2 is 1.42 bits per heavy atom. The lowest BCUT2D eigenvalue weighted by atomic mass is 9.91. The molecule has 0 N–H and O–H groups in total. The summed E-state index contributed by atoms with van der Waals surface area (Å²) in [6, 6.07) is 35.7. The van der Waals surface area contributed by atoms with E-state index in [4.69, 9.17) is 9.97 Å². The molecule has 4 heteroatoms. The van der Waals surface area contributed by atoms with Crippen molar-refractivity contribution >= 4 is 57.5 Å². The Bertz CT molecular complexity index is 1910. The molecule has 38 heavy (non-hydrogen) atoms. The van der Waals surface area contributed by atoms with Gasteiger partial charge in [-0.3, -0.25) is 9.89 Å². The Morgan fingerprint density at radius 1 is 0.711 bits per heavy atom. The maximum atomic E-state index is 5.27. The first-order valence-electron chi connectivity index (χ1n) is 12.7. The average Bonchev–Trinajstić information content (AvgIpc) is 2.97. The third kappa shape index (κ3) is 3.27. The van der Waals surface area contributed by atoms with Crippen LogP contribution in [0.25, 0.3) is 50.1 Å². The van der Waals surface area contributed by atoms with Gasteiger partial charge in [0.1, 0.15) is 0 Å². The number of aliphatic imine (C=N–C) groups is 1. The second-order valence-corrected chi connectivity index (χ2v) is 9.32. The molecule has 180 valence electrons. The molecule has 1 aliphatic heterocycles. The molecule has 0 amide bonds. The molecule has 0 bridgehead atoms. The van der Waals surface area contributed by atoms with Crippen molar-refractivity contribution < 1.29 is 0 Å². The van der Waals surface area contributed by atoms with Crippen LogP contribution in [-0.2, 0) is 0 Å². The summed E-state index contributed by atoms with van der Waals surface area (Å²) in [6.45, 7) is 5.90. The standard InChI is InChI=1S/C34H24N4/c1-3-11-23-14-9-18-27(32(23)35-2)33-26-16-4-6-19-28(26)36-34(37-33)38-29-20-7-5-15-24(29)25-17-8-12-22-13-10-21-30(38)31(22)25/h3-21H,2H2,1H3/b11-3-. The van der Waals surface area contributed by atoms with Crippen LogP contribution in [0.5, 0.6) is 0 Å². The average molecular weight is 489 g/mol. The molecule has 1 aliphatic rings. The molecule has 0 spiro atoms. The van der Waals surface area contributed by atoms with Gasteiger partial charge in [-0.05, 0) is 42.8 Å². The van der Waals surface area contributed by atoms with E-state index in [1.807, 2.05) is 37.3 Å². The molecule has 5 aromatic carbocycles. The topological polar surface area (TPSA) is 41.4 Å². The molecule has 7 rings (SSSR count). The van der Waals surface area contributed by atoms with Gasteiger partial charge >= 0.3 is 0 Å². The quantitative estimate of drug-likeness (QED) is 0.232. The van der Waals surface area contributed by atoms with Crippen molar-refractivity contribution in [2.45, 2.75) is 6.92 Å². The van der Waals surface area contributed by atoms with Crippen molar-refractivity contribution in [2.75, 3.05) is 4.90 Å². The van der Waals surface area contributed by atoms with Crippen LogP contribution in [0.1, 0.15) is 12.5 Å². The van der Waals surface area contributed by atoms with E-state index in [1.54, 1.807) is 0 Å². The monoisotopic (exact) mass is 488 g/mol. The summed E-state index contributed by atoms with van der Waals surface area (Å²) in [5.74, 6) is 0.625. The minimum absolute atomic E-state index is 0.625. The fourth-order valence-electron chi connectivity index (χ4n) is 5.59. The lowest BCUT2D eigenvalue weighted by molar-refractivity contribution is 1.11. The Morgan fingerprint density at radius 3 is 2.29 bits per heavy atom. The van der Waals surface area contributed by atoms with Gasteiger partial charge in [0.2, 0.25) is 5.95 Å². The first kappa shape index (κ1) is 22.1. The van der Waals surface area contributed by atoms with Gasteiger partial charge in [-0.1, -0.05) is 97.1 Å². The molecule has 1 aromatic heterocycles. The third-order valence-electron chi connectivity index (χ3n) is 7.18. The van der Waals surface area contributed by atoms with E-state index in [0.717, 1.165) is 44.8 Å². The van der Waals surface area contributed by atoms with Gasteiger partial charge in [-0.2, -0.15) is 0 Å². The minimum atomic E-state index is 0.625. The van der Waals surface area contributed by atoms with E-state index < -0.39 is 0 Å². The van der Waals surface area contributed by atoms with Crippen LogP contribution in [0.4, 0.5) is 23.0 Å². The maximum absolute atomic E-state index is 5.27. The molecule has 0 atom stereocenters. The van der Waals surface area contributed by atoms with Crippen molar-refractivity contribution in [3.05, 3.63) is 115 Å². The molecular formula is C34H24N4. The molecule has 6 aromatic rings. The van der Waals surface area contributed by atoms with Crippen molar-refractivity contribution in [2.24, 2.45) is 4.99 Å². The van der Waals surface area contributed by atoms with Gasteiger partial charge in [0.15, 0.2) is 0 Å². The number of para-hydroxylation sites is 3. The van der Waals surface area contributed by atoms with E-state index in [1.165, 1.54) is 21.9 Å². The lowest BCUT2D eigenvalue weighted by Gasteiger charge is -2.32. The Balaban J connectivity index is 1.57. The Kier molecular flexibility index (Phi) is 5.12. The van der Waals surface area contributed by atoms with Crippen molar-refractivity contribution in [3.8, 4) is 22.4 Å². The normalized spacial score (nSPS) is 12.3. The molecule has 0 unspecified atom stereocenters. The van der Waals surface area contributed by atoms with Crippen LogP contribution in [-0.4, -0.2) is 16.7 Å². The summed E-state index contributed by atoms with van der Waals surface area (Å²) in [4.78, 5) is 17.0. The highest BCUT2D eigenvalue weighted by atomic mass is 15.3. The van der Waals surface area contributed by atoms with E-state index in [-0.39, 0.29) is 0 Å². The fraction of sp³-hybridized carbons (Fsp3) is 0.0294. The zero-order chi connectivity index (χ0) is 25.6. The summed E-state index contributed by atoms with van der Waals surface area (Å²) < 4.78 is 0. The van der Waals surface area contributed by atoms with E-state index >= 15 is 0 Å². The summed E-state index contributed by atoms with van der Waals surface area (Å²) in [7, 11) is 0. The number of nitrogens with zero attached hydrogens (tertiary/aromatic N) is 4. The highest BCUT2D eigenvalue weighted by Gasteiger charge is 2.28. The number of anilines is 3. The predicted octanol–water partition coefficient (Wildman–Crippen LogP) is 9.27. The first-order chi connectivity index (χ1) is 18.8. The molecule has 4 nitrogen and oxygen atoms in total. The fourth-order valence-corrected chi connectivity index (χ4v) is 5.59. The highest BCUT2D eigenvalue weighted by molar-refractivity contribution is 6.13. The summed E-state index contributed by atoms with van der Waals surface area (Å²) >= 11 is 0. The Labute approximate surface area is 221 Å². The van der Waals surface area contributed by atoms with Crippen molar-refractivity contribution in [1.29, 1.82) is 0 Å². The molecule has 0 fully saturated rings. The number of hydrogen-bond donors (Lipinski definition) is 0. The number of rotatable bonds is 4. The van der Waals surface area contributed by atoms with Gasteiger partial charge in [-0.15, -0.1) is 0 Å². The molecule has 0 aliphatic carbocycles. The van der Waals surface area contributed by atoms with E-state index in [2.05, 4.69) is 102 Å². The highest BCUT2D eigenvalue weighted by Crippen LogP contribution is 2.50. The minimum Gasteiger partial charge on any atom is -0.278 e. The third-order valence-corrected chi connectivity index (χ3v) is 7.18. The van der Waals surface area contributed by atoms with Crippen LogP contribution >= 0.6 is 0 Å². The number of aromatic nitrogens is 2. The van der Waals surface area contributed by atoms with E-state index in [9.17, 15) is 0 Å². The number of fused-ring (bicyclic) bond motifs is 3. The van der Waals surface area contributed by atoms with Gasteiger partial charge in [0, 0.05) is 27.5 Å². The van der Waals surface area contributed by atoms with Gasteiger partial charge in [-0.25, -0.2) is 9.97 Å². The molecule has 0 saturated carbocycles. The second kappa shape index (κ2) is 8.79. The zero-order valence-corrected chi connectivity index (χ0v) is 21.0. The molecular weight excluding hydrogens is 464 g/mol. The van der Waals surface area contributed by atoms with Crippen LogP contribution in [0, 0.1) is 0 Å². The Hall–Kier alpha value is -5.09. The molecule has 0 saturated heterocycles. The lowest BCUT2D eigenvalue weighted by Crippen LogP contribution is -2.18. The van der Waals surface area contributed by atoms with Crippen molar-refractivity contribution in [3.63, 3.8) is 0 Å². The van der Waals surface area contributed by atoms with E-state index in [0.29, 0.717) is 5.95 Å². The second-order valence-electron chi connectivity index (χ2n) is 9.32. The van der Waals surface area contributed by atoms with Crippen LogP contribution < -0.4 is 4.90 Å². The van der Waals surface area contributed by atoms with Crippen molar-refractivity contribution in [1.82, 2.24) is 9.97 Å². The van der Waals surface area contributed by atoms with Crippen LogP contribution in [0.2, 0.25) is 0 Å². The summed E-state index contributed by atoms with van der Waals surface area (Å²) in [5, 5.41) is 3.37. The zero-order valence-electron chi connectivity index (χ0n) is 21.0. The summed E-state index contributed by atoms with van der Waals surface area (Å²) in [5.41, 5.74) is 8.98. The largest absolute Gasteiger partial charge is 0.278 e. The maximum Gasteiger partial charge on any atom is 0.235 e. The van der Waals surface area contributed by atoms with Crippen LogP contribution in [0.15, 0.2) is 114 Å². The number of allylic oxidation sites excluding steroid dienone is 1. The van der Waals surface area contributed by atoms with Gasteiger partial charge < -0.3 is 0 Å². The van der Waals surface area contributed by atoms with Crippen LogP contribution in [0.3, 0.4) is 0 Å². The first-order valence-corrected chi connectivity index (χ1v) is 12.7. The molecule has 2 heterocycles. The smallest absolute Gasteiger partial charge is 0.235 e. The summed E-state index contributed by atoms with van der Waals surface area (Å²) in [6.07, 6.45) is 4.07. The SMILES string of the molecule is C=Nc1c(/C=C\C)cccc1-c1nc(N2c3ccccc3-c3cccc4cccc2c34)nc2ccccc12.